The van der Waals surface area contributed by atoms with Gasteiger partial charge in [-0.05, 0) is 43.7 Å². The molecule has 0 unspecified atom stereocenters. The number of aryl methyl sites for hydroxylation is 1. The van der Waals surface area contributed by atoms with Crippen LogP contribution in [0, 0.1) is 12.7 Å². The van der Waals surface area contributed by atoms with E-state index in [1.165, 1.54) is 12.1 Å². The number of carbonyl (C=O) groups excluding carboxylic acids is 1. The largest absolute Gasteiger partial charge is 0.462 e. The number of fused-ring (bicyclic) bond motifs is 3. The molecule has 32 heavy (non-hydrogen) atoms. The highest BCUT2D eigenvalue weighted by molar-refractivity contribution is 6.11. The van der Waals surface area contributed by atoms with E-state index in [0.717, 1.165) is 28.1 Å². The number of nitrogens with zero attached hydrogens (tertiary/aromatic N) is 2. The predicted octanol–water partition coefficient (Wildman–Crippen LogP) is 6.45. The van der Waals surface area contributed by atoms with Gasteiger partial charge in [-0.1, -0.05) is 60.2 Å². The van der Waals surface area contributed by atoms with Crippen molar-refractivity contribution >= 4 is 22.5 Å². The lowest BCUT2D eigenvalue weighted by Crippen LogP contribution is -2.06. The predicted molar refractivity (Wildman–Crippen MR) is 124 cm³/mol. The lowest BCUT2D eigenvalue weighted by atomic mass is 10.1. The van der Waals surface area contributed by atoms with E-state index in [1.54, 1.807) is 13.0 Å². The molecule has 0 atom stereocenters. The summed E-state index contributed by atoms with van der Waals surface area (Å²) in [5.41, 5.74) is 5.92. The zero-order valence-electron chi connectivity index (χ0n) is 17.8. The van der Waals surface area contributed by atoms with Crippen molar-refractivity contribution < 1.29 is 13.9 Å². The van der Waals surface area contributed by atoms with Crippen LogP contribution in [-0.4, -0.2) is 22.0 Å². The van der Waals surface area contributed by atoms with Crippen LogP contribution < -0.4 is 0 Å². The first-order valence-corrected chi connectivity index (χ1v) is 10.5. The topological polar surface area (TPSA) is 43.6 Å². The fourth-order valence-corrected chi connectivity index (χ4v) is 4.04. The Hall–Kier alpha value is -3.99. The molecule has 0 spiro atoms. The van der Waals surface area contributed by atoms with Gasteiger partial charge in [0, 0.05) is 10.9 Å². The zero-order valence-corrected chi connectivity index (χ0v) is 17.8. The van der Waals surface area contributed by atoms with E-state index in [-0.39, 0.29) is 12.4 Å². The molecule has 0 N–H and O–H groups in total. The van der Waals surface area contributed by atoms with Crippen LogP contribution in [0.3, 0.4) is 0 Å². The minimum Gasteiger partial charge on any atom is -0.462 e. The molecule has 2 aromatic heterocycles. The second-order valence-electron chi connectivity index (χ2n) is 7.67. The van der Waals surface area contributed by atoms with Gasteiger partial charge in [-0.2, -0.15) is 0 Å². The van der Waals surface area contributed by atoms with Crippen molar-refractivity contribution in [3.8, 4) is 22.5 Å². The van der Waals surface area contributed by atoms with Gasteiger partial charge in [-0.25, -0.2) is 14.2 Å². The molecule has 5 aromatic rings. The fraction of sp³-hybridized carbons (Fsp3) is 0.111. The number of rotatable bonds is 4. The molecule has 0 aliphatic heterocycles. The summed E-state index contributed by atoms with van der Waals surface area (Å²) in [4.78, 5) is 17.9. The summed E-state index contributed by atoms with van der Waals surface area (Å²) in [7, 11) is 0. The number of esters is 1. The smallest absolute Gasteiger partial charge is 0.342 e. The van der Waals surface area contributed by atoms with Crippen LogP contribution in [0.25, 0.3) is 39.1 Å². The molecule has 0 aliphatic carbocycles. The Morgan fingerprint density at radius 3 is 2.44 bits per heavy atom. The molecule has 4 nitrogen and oxygen atoms in total. The quantitative estimate of drug-likeness (QED) is 0.312. The van der Waals surface area contributed by atoms with Gasteiger partial charge in [0.1, 0.15) is 11.4 Å². The Morgan fingerprint density at radius 2 is 1.72 bits per heavy atom. The minimum absolute atomic E-state index is 0.238. The van der Waals surface area contributed by atoms with Crippen LogP contribution in [0.2, 0.25) is 0 Å². The average molecular weight is 424 g/mol. The number of aromatic nitrogens is 2. The molecule has 0 fully saturated rings. The van der Waals surface area contributed by atoms with Crippen molar-refractivity contribution in [3.63, 3.8) is 0 Å². The van der Waals surface area contributed by atoms with E-state index >= 15 is 0 Å². The first kappa shape index (κ1) is 19.9. The Morgan fingerprint density at radius 1 is 0.969 bits per heavy atom. The Labute approximate surface area is 184 Å². The molecule has 5 rings (SSSR count). The number of ether oxygens (including phenoxy) is 1. The molecular formula is C27H21FN2O2. The molecule has 0 aliphatic rings. The van der Waals surface area contributed by atoms with Crippen LogP contribution in [-0.2, 0) is 4.74 Å². The lowest BCUT2D eigenvalue weighted by molar-refractivity contribution is 0.0530. The molecule has 0 radical (unpaired) electrons. The summed E-state index contributed by atoms with van der Waals surface area (Å²) in [5.74, 6) is -0.854. The van der Waals surface area contributed by atoms with Crippen molar-refractivity contribution in [3.05, 3.63) is 95.8 Å². The van der Waals surface area contributed by atoms with Gasteiger partial charge in [0.05, 0.1) is 23.5 Å². The average Bonchev–Trinajstić information content (AvgIpc) is 3.13. The second kappa shape index (κ2) is 7.93. The highest BCUT2D eigenvalue weighted by atomic mass is 19.1. The van der Waals surface area contributed by atoms with Gasteiger partial charge < -0.3 is 4.74 Å². The van der Waals surface area contributed by atoms with Crippen molar-refractivity contribution in [2.45, 2.75) is 13.8 Å². The van der Waals surface area contributed by atoms with E-state index in [2.05, 4.69) is 0 Å². The normalized spacial score (nSPS) is 11.2. The number of carbonyl (C=O) groups is 1. The van der Waals surface area contributed by atoms with Crippen LogP contribution in [0.15, 0.2) is 78.9 Å². The van der Waals surface area contributed by atoms with Crippen LogP contribution in [0.1, 0.15) is 22.8 Å². The first-order chi connectivity index (χ1) is 15.6. The number of halogens is 1. The number of hydrogen-bond acceptors (Lipinski definition) is 3. The zero-order chi connectivity index (χ0) is 22.2. The van der Waals surface area contributed by atoms with Gasteiger partial charge in [0.2, 0.25) is 0 Å². The van der Waals surface area contributed by atoms with Crippen molar-refractivity contribution in [1.82, 2.24) is 9.38 Å². The highest BCUT2D eigenvalue weighted by Crippen LogP contribution is 2.34. The SMILES string of the molecule is CCOC(=O)c1c2ccc(F)cc2n2c(-c3ccccc3)cc(-c3ccc(C)cc3)nc12. The molecule has 0 saturated carbocycles. The number of hydrogen-bond donors (Lipinski definition) is 0. The summed E-state index contributed by atoms with van der Waals surface area (Å²) in [6.07, 6.45) is 0. The van der Waals surface area contributed by atoms with Gasteiger partial charge in [0.15, 0.2) is 5.65 Å². The fourth-order valence-electron chi connectivity index (χ4n) is 4.04. The molecule has 0 bridgehead atoms. The third kappa shape index (κ3) is 3.32. The van der Waals surface area contributed by atoms with Crippen molar-refractivity contribution in [2.75, 3.05) is 6.61 Å². The first-order valence-electron chi connectivity index (χ1n) is 10.5. The van der Waals surface area contributed by atoms with Gasteiger partial charge >= 0.3 is 5.97 Å². The Balaban J connectivity index is 1.94. The van der Waals surface area contributed by atoms with Crippen LogP contribution in [0.5, 0.6) is 0 Å². The van der Waals surface area contributed by atoms with Crippen molar-refractivity contribution in [2.24, 2.45) is 0 Å². The minimum atomic E-state index is -0.473. The maximum Gasteiger partial charge on any atom is 0.342 e. The summed E-state index contributed by atoms with van der Waals surface area (Å²) >= 11 is 0. The molecule has 0 amide bonds. The third-order valence-electron chi connectivity index (χ3n) is 5.54. The maximum atomic E-state index is 14.3. The van der Waals surface area contributed by atoms with E-state index < -0.39 is 5.97 Å². The molecule has 158 valence electrons. The summed E-state index contributed by atoms with van der Waals surface area (Å²) in [5, 5.41) is 0.607. The molecule has 3 aromatic carbocycles. The molecule has 0 saturated heterocycles. The van der Waals surface area contributed by atoms with E-state index in [0.29, 0.717) is 22.1 Å². The van der Waals surface area contributed by atoms with Crippen LogP contribution in [0.4, 0.5) is 4.39 Å². The highest BCUT2D eigenvalue weighted by Gasteiger charge is 2.24. The van der Waals surface area contributed by atoms with Crippen molar-refractivity contribution in [1.29, 1.82) is 0 Å². The Kier molecular flexibility index (Phi) is 4.94. The maximum absolute atomic E-state index is 14.3. The van der Waals surface area contributed by atoms with Gasteiger partial charge in [-0.15, -0.1) is 0 Å². The monoisotopic (exact) mass is 424 g/mol. The summed E-state index contributed by atoms with van der Waals surface area (Å²) in [6.45, 7) is 4.03. The lowest BCUT2D eigenvalue weighted by Gasteiger charge is -2.11. The third-order valence-corrected chi connectivity index (χ3v) is 5.54. The second-order valence-corrected chi connectivity index (χ2v) is 7.67. The molecule has 5 heteroatoms. The van der Waals surface area contributed by atoms with Gasteiger partial charge in [0.25, 0.3) is 0 Å². The van der Waals surface area contributed by atoms with Gasteiger partial charge in [-0.3, -0.25) is 4.40 Å². The molecule has 2 heterocycles. The van der Waals surface area contributed by atoms with Crippen LogP contribution >= 0.6 is 0 Å². The summed E-state index contributed by atoms with van der Waals surface area (Å²) < 4.78 is 21.5. The summed E-state index contributed by atoms with van der Waals surface area (Å²) in [6, 6.07) is 24.3. The van der Waals surface area contributed by atoms with E-state index in [1.807, 2.05) is 72.0 Å². The number of benzene rings is 3. The van der Waals surface area contributed by atoms with E-state index in [9.17, 15) is 9.18 Å². The standard InChI is InChI=1S/C27H21FN2O2/c1-3-32-27(31)25-21-14-13-20(28)15-24(21)30-23(19-7-5-4-6-8-19)16-22(29-26(25)30)18-11-9-17(2)10-12-18/h4-16H,3H2,1-2H3. The molecular weight excluding hydrogens is 403 g/mol. The Bertz CT molecular complexity index is 1450. The van der Waals surface area contributed by atoms with E-state index in [4.69, 9.17) is 9.72 Å².